The third-order valence-corrected chi connectivity index (χ3v) is 0.462. The fraction of sp³-hybridized carbons (Fsp3) is 0.667. The van der Waals surface area contributed by atoms with Gasteiger partial charge in [0.25, 0.3) is 0 Å². The molecule has 7 heteroatoms. The minimum absolute atomic E-state index is 0. The van der Waals surface area contributed by atoms with Crippen LogP contribution in [0.5, 0.6) is 0 Å². The minimum atomic E-state index is -5.52. The first-order chi connectivity index (χ1) is 3.85. The summed E-state index contributed by atoms with van der Waals surface area (Å²) in [5.74, 6) is 0. The van der Waals surface area contributed by atoms with E-state index >= 15 is 0 Å². The van der Waals surface area contributed by atoms with Crippen LogP contribution in [0.1, 0.15) is 0 Å². The Morgan fingerprint density at radius 2 is 1.40 bits per heavy atom. The summed E-state index contributed by atoms with van der Waals surface area (Å²) in [4.78, 5) is 0. The van der Waals surface area contributed by atoms with Crippen molar-refractivity contribution in [3.8, 4) is 0 Å². The Balaban J connectivity index is 0. The van der Waals surface area contributed by atoms with Gasteiger partial charge in [-0.1, -0.05) is 0 Å². The van der Waals surface area contributed by atoms with Crippen LogP contribution in [0.3, 0.4) is 0 Å². The Morgan fingerprint density at radius 3 is 1.40 bits per heavy atom. The molecule has 0 saturated carbocycles. The summed E-state index contributed by atoms with van der Waals surface area (Å²) in [6, 6.07) is 0. The van der Waals surface area contributed by atoms with Crippen LogP contribution in [0.4, 0.5) is 26.3 Å². The molecule has 0 spiro atoms. The largest absolute Gasteiger partial charge is 1.00 e. The summed E-state index contributed by atoms with van der Waals surface area (Å²) in [5, 5.41) is 0. The molecule has 0 unspecified atom stereocenters. The second-order valence-electron chi connectivity index (χ2n) is 1.15. The molecule has 0 aromatic carbocycles. The molecule has 0 rings (SSSR count). The van der Waals surface area contributed by atoms with Crippen LogP contribution in [0.15, 0.2) is 0 Å². The third kappa shape index (κ3) is 4.40. The van der Waals surface area contributed by atoms with Crippen LogP contribution in [-0.2, 0) is 0 Å². The van der Waals surface area contributed by atoms with Gasteiger partial charge in [-0.05, 0) is 0 Å². The smallest absolute Gasteiger partial charge is 0.442 e. The van der Waals surface area contributed by atoms with E-state index in [0.29, 0.717) is 0 Å². The summed E-state index contributed by atoms with van der Waals surface area (Å²) in [7, 11) is 0. The van der Waals surface area contributed by atoms with Crippen molar-refractivity contribution in [2.75, 3.05) is 0 Å². The van der Waals surface area contributed by atoms with E-state index in [1.54, 1.807) is 0 Å². The predicted octanol–water partition coefficient (Wildman–Crippen LogP) is -0.681. The summed E-state index contributed by atoms with van der Waals surface area (Å²) < 4.78 is 65.1. The van der Waals surface area contributed by atoms with Crippen LogP contribution < -0.4 is 29.6 Å². The Kier molecular flexibility index (Phi) is 5.88. The number of hydrogen-bond acceptors (Lipinski definition) is 0. The molecule has 0 atom stereocenters. The van der Waals surface area contributed by atoms with E-state index in [4.69, 9.17) is 0 Å². The summed E-state index contributed by atoms with van der Waals surface area (Å²) in [6.07, 6.45) is -12.8. The monoisotopic (exact) mass is 174 g/mol. The van der Waals surface area contributed by atoms with Gasteiger partial charge in [0.05, 0.1) is 0 Å². The molecular weight excluding hydrogens is 173 g/mol. The molecule has 0 nitrogen and oxygen atoms in total. The zero-order valence-corrected chi connectivity index (χ0v) is 6.85. The Morgan fingerprint density at radius 1 is 1.10 bits per heavy atom. The minimum Gasteiger partial charge on any atom is -0.442 e. The van der Waals surface area contributed by atoms with E-state index in [9.17, 15) is 26.3 Å². The quantitative estimate of drug-likeness (QED) is 0.280. The third-order valence-electron chi connectivity index (χ3n) is 0.462. The van der Waals surface area contributed by atoms with E-state index in [0.717, 1.165) is 0 Å². The zero-order valence-electron chi connectivity index (χ0n) is 4.85. The van der Waals surface area contributed by atoms with E-state index in [2.05, 4.69) is 0 Å². The number of halogens is 6. The van der Waals surface area contributed by atoms with Gasteiger partial charge in [-0.2, -0.15) is 0 Å². The Bertz CT molecular complexity index is 87.5. The maximum absolute atomic E-state index is 11.1. The number of hydrogen-bond donors (Lipinski definition) is 0. The van der Waals surface area contributed by atoms with Crippen molar-refractivity contribution in [1.29, 1.82) is 0 Å². The van der Waals surface area contributed by atoms with Crippen LogP contribution in [0.2, 0.25) is 0 Å². The van der Waals surface area contributed by atoms with Crippen molar-refractivity contribution in [2.45, 2.75) is 12.6 Å². The fourth-order valence-corrected chi connectivity index (χ4v) is 0.124. The average molecular weight is 174 g/mol. The molecule has 0 aromatic heterocycles. The number of rotatable bonds is 1. The van der Waals surface area contributed by atoms with Gasteiger partial charge in [0.15, 0.2) is 6.43 Å². The molecule has 56 valence electrons. The summed E-state index contributed by atoms with van der Waals surface area (Å²) in [6.45, 7) is 0. The van der Waals surface area contributed by atoms with Crippen LogP contribution in [-0.4, -0.2) is 12.6 Å². The van der Waals surface area contributed by atoms with Gasteiger partial charge >= 0.3 is 35.7 Å². The van der Waals surface area contributed by atoms with Crippen molar-refractivity contribution in [1.82, 2.24) is 0 Å². The normalized spacial score (nSPS) is 12.0. The topological polar surface area (TPSA) is 0 Å². The van der Waals surface area contributed by atoms with E-state index in [1.807, 2.05) is 0 Å². The molecule has 0 radical (unpaired) electrons. The van der Waals surface area contributed by atoms with Crippen LogP contribution in [0, 0.1) is 6.17 Å². The molecule has 0 fully saturated rings. The standard InChI is InChI=1S/C3HF6.Na/c4-1(2(5)6)3(7,8)9;/h2H;/q-1;+1. The second-order valence-corrected chi connectivity index (χ2v) is 1.15. The van der Waals surface area contributed by atoms with Gasteiger partial charge < -0.3 is 4.39 Å². The van der Waals surface area contributed by atoms with Gasteiger partial charge in [0.1, 0.15) is 0 Å². The van der Waals surface area contributed by atoms with Crippen molar-refractivity contribution in [3.05, 3.63) is 6.17 Å². The van der Waals surface area contributed by atoms with Gasteiger partial charge in [-0.3, -0.25) is 0 Å². The van der Waals surface area contributed by atoms with Crippen molar-refractivity contribution < 1.29 is 55.9 Å². The van der Waals surface area contributed by atoms with E-state index in [1.165, 1.54) is 0 Å². The average Bonchev–Trinajstić information content (AvgIpc) is 1.62. The maximum atomic E-state index is 11.1. The summed E-state index contributed by atoms with van der Waals surface area (Å²) >= 11 is 0. The predicted molar refractivity (Wildman–Crippen MR) is 16.4 cm³/mol. The van der Waals surface area contributed by atoms with Crippen molar-refractivity contribution in [2.24, 2.45) is 0 Å². The van der Waals surface area contributed by atoms with Gasteiger partial charge in [0.2, 0.25) is 0 Å². The first-order valence-corrected chi connectivity index (χ1v) is 1.73. The molecule has 0 saturated heterocycles. The molecule has 0 aromatic rings. The van der Waals surface area contributed by atoms with E-state index < -0.39 is 18.8 Å². The second kappa shape index (κ2) is 4.46. The van der Waals surface area contributed by atoms with Gasteiger partial charge in [-0.25, -0.2) is 22.0 Å². The molecule has 0 N–H and O–H groups in total. The zero-order chi connectivity index (χ0) is 7.65. The van der Waals surface area contributed by atoms with Crippen LogP contribution >= 0.6 is 0 Å². The SMILES string of the molecule is F[C-](C(F)F)C(F)(F)F.[Na+]. The first-order valence-electron chi connectivity index (χ1n) is 1.73. The molecule has 0 aliphatic carbocycles. The molecular formula is C3HF6Na. The van der Waals surface area contributed by atoms with Gasteiger partial charge in [0, 0.05) is 6.17 Å². The maximum Gasteiger partial charge on any atom is 1.00 e. The fourth-order valence-electron chi connectivity index (χ4n) is 0.124. The molecule has 0 bridgehead atoms. The van der Waals surface area contributed by atoms with Crippen molar-refractivity contribution >= 4 is 0 Å². The summed E-state index contributed by atoms with van der Waals surface area (Å²) in [5.41, 5.74) is 0. The molecule has 0 amide bonds. The Labute approximate surface area is 74.9 Å². The van der Waals surface area contributed by atoms with Crippen LogP contribution in [0.25, 0.3) is 0 Å². The number of alkyl halides is 5. The van der Waals surface area contributed by atoms with E-state index in [-0.39, 0.29) is 29.6 Å². The molecule has 0 aliphatic heterocycles. The van der Waals surface area contributed by atoms with Crippen molar-refractivity contribution in [3.63, 3.8) is 0 Å². The molecule has 10 heavy (non-hydrogen) atoms. The molecule has 0 heterocycles. The molecule has 0 aliphatic rings. The first kappa shape index (κ1) is 13.2. The van der Waals surface area contributed by atoms with Gasteiger partial charge in [-0.15, -0.1) is 0 Å². The Hall–Kier alpha value is 0.580.